The van der Waals surface area contributed by atoms with Crippen molar-refractivity contribution in [3.8, 4) is 5.75 Å². The molecule has 2 rings (SSSR count). The number of aliphatic imine (C=N–C) groups is 1. The molecule has 19 heavy (non-hydrogen) atoms. The maximum absolute atomic E-state index is 9.81. The van der Waals surface area contributed by atoms with Gasteiger partial charge in [0.1, 0.15) is 5.75 Å². The number of halogens is 2. The van der Waals surface area contributed by atoms with Crippen LogP contribution in [0.2, 0.25) is 10.0 Å². The van der Waals surface area contributed by atoms with Gasteiger partial charge in [-0.15, -0.1) is 0 Å². The monoisotopic (exact) mass is 294 g/mol. The molecule has 1 heterocycles. The lowest BCUT2D eigenvalue weighted by Gasteiger charge is -2.03. The van der Waals surface area contributed by atoms with Gasteiger partial charge >= 0.3 is 0 Å². The largest absolute Gasteiger partial charge is 0.506 e. The van der Waals surface area contributed by atoms with Gasteiger partial charge < -0.3 is 5.11 Å². The van der Waals surface area contributed by atoms with Gasteiger partial charge in [0.2, 0.25) is 0 Å². The first kappa shape index (κ1) is 13.8. The van der Waals surface area contributed by atoms with Gasteiger partial charge in [-0.25, -0.2) is 9.98 Å². The lowest BCUT2D eigenvalue weighted by molar-refractivity contribution is 0.475. The minimum atomic E-state index is -0.0424. The van der Waals surface area contributed by atoms with Crippen LogP contribution in [0.25, 0.3) is 0 Å². The van der Waals surface area contributed by atoms with Crippen LogP contribution in [-0.2, 0) is 0 Å². The Morgan fingerprint density at radius 3 is 2.58 bits per heavy atom. The van der Waals surface area contributed by atoms with Crippen LogP contribution in [0.5, 0.6) is 5.75 Å². The molecule has 0 bridgehead atoms. The molecule has 98 valence electrons. The summed E-state index contributed by atoms with van der Waals surface area (Å²) in [5, 5.41) is 10.4. The number of aryl methyl sites for hydroxylation is 2. The van der Waals surface area contributed by atoms with Crippen molar-refractivity contribution in [3.63, 3.8) is 0 Å². The molecule has 0 spiro atoms. The quantitative estimate of drug-likeness (QED) is 0.831. The average molecular weight is 295 g/mol. The van der Waals surface area contributed by atoms with Crippen LogP contribution in [0.15, 0.2) is 29.3 Å². The zero-order chi connectivity index (χ0) is 14.0. The van der Waals surface area contributed by atoms with Gasteiger partial charge in [-0.1, -0.05) is 23.2 Å². The highest BCUT2D eigenvalue weighted by Gasteiger charge is 2.06. The Labute approximate surface area is 121 Å². The number of pyridine rings is 1. The summed E-state index contributed by atoms with van der Waals surface area (Å²) in [6, 6.07) is 6.89. The first-order chi connectivity index (χ1) is 8.95. The smallest absolute Gasteiger partial charge is 0.152 e. The van der Waals surface area contributed by atoms with E-state index >= 15 is 0 Å². The summed E-state index contributed by atoms with van der Waals surface area (Å²) in [5.74, 6) is 0.534. The number of nitrogens with zero attached hydrogens (tertiary/aromatic N) is 2. The molecule has 0 fully saturated rings. The fourth-order valence-electron chi connectivity index (χ4n) is 1.71. The summed E-state index contributed by atoms with van der Waals surface area (Å²) >= 11 is 11.7. The number of aromatic hydroxyl groups is 1. The van der Waals surface area contributed by atoms with Gasteiger partial charge in [0.05, 0.1) is 5.02 Å². The summed E-state index contributed by atoms with van der Waals surface area (Å²) in [4.78, 5) is 8.51. The third-order valence-corrected chi connectivity index (χ3v) is 2.98. The Morgan fingerprint density at radius 1 is 1.16 bits per heavy atom. The van der Waals surface area contributed by atoms with Crippen molar-refractivity contribution in [2.45, 2.75) is 13.8 Å². The topological polar surface area (TPSA) is 45.5 Å². The van der Waals surface area contributed by atoms with Crippen molar-refractivity contribution >= 4 is 35.2 Å². The highest BCUT2D eigenvalue weighted by Crippen LogP contribution is 2.30. The van der Waals surface area contributed by atoms with Gasteiger partial charge in [0.15, 0.2) is 5.82 Å². The van der Waals surface area contributed by atoms with Crippen molar-refractivity contribution < 1.29 is 5.11 Å². The lowest BCUT2D eigenvalue weighted by Crippen LogP contribution is -1.86. The van der Waals surface area contributed by atoms with Crippen LogP contribution in [0.3, 0.4) is 0 Å². The number of rotatable bonds is 2. The first-order valence-corrected chi connectivity index (χ1v) is 6.38. The molecule has 0 saturated carbocycles. The van der Waals surface area contributed by atoms with Gasteiger partial charge in [0.25, 0.3) is 0 Å². The fraction of sp³-hybridized carbons (Fsp3) is 0.143. The summed E-state index contributed by atoms with van der Waals surface area (Å²) < 4.78 is 0. The van der Waals surface area contributed by atoms with Crippen molar-refractivity contribution in [3.05, 3.63) is 51.1 Å². The van der Waals surface area contributed by atoms with Crippen molar-refractivity contribution in [2.75, 3.05) is 0 Å². The summed E-state index contributed by atoms with van der Waals surface area (Å²) in [6.07, 6.45) is 1.49. The molecule has 0 aliphatic rings. The van der Waals surface area contributed by atoms with E-state index in [-0.39, 0.29) is 10.8 Å². The number of aromatic nitrogens is 1. The average Bonchev–Trinajstić information content (AvgIpc) is 2.30. The zero-order valence-corrected chi connectivity index (χ0v) is 12.0. The van der Waals surface area contributed by atoms with E-state index in [9.17, 15) is 5.11 Å². The van der Waals surface area contributed by atoms with E-state index in [4.69, 9.17) is 23.2 Å². The van der Waals surface area contributed by atoms with E-state index < -0.39 is 0 Å². The highest BCUT2D eigenvalue weighted by atomic mass is 35.5. The second kappa shape index (κ2) is 5.59. The Balaban J connectivity index is 2.37. The third-order valence-electron chi connectivity index (χ3n) is 2.48. The molecule has 5 heteroatoms. The second-order valence-corrected chi connectivity index (χ2v) is 5.07. The number of hydrogen-bond donors (Lipinski definition) is 1. The molecule has 1 aromatic heterocycles. The fourth-order valence-corrected chi connectivity index (χ4v) is 2.22. The van der Waals surface area contributed by atoms with Crippen LogP contribution in [0.4, 0.5) is 5.82 Å². The molecule has 0 aliphatic carbocycles. The maximum Gasteiger partial charge on any atom is 0.152 e. The number of hydrogen-bond acceptors (Lipinski definition) is 3. The minimum Gasteiger partial charge on any atom is -0.506 e. The van der Waals surface area contributed by atoms with E-state index in [0.717, 1.165) is 11.3 Å². The van der Waals surface area contributed by atoms with Crippen LogP contribution >= 0.6 is 23.2 Å². The van der Waals surface area contributed by atoms with E-state index in [2.05, 4.69) is 9.98 Å². The van der Waals surface area contributed by atoms with Crippen LogP contribution in [0, 0.1) is 13.8 Å². The molecule has 0 unspecified atom stereocenters. The molecular weight excluding hydrogens is 283 g/mol. The molecule has 0 atom stereocenters. The summed E-state index contributed by atoms with van der Waals surface area (Å²) in [6.45, 7) is 3.88. The molecular formula is C14H12Cl2N2O. The molecule has 3 nitrogen and oxygen atoms in total. The van der Waals surface area contributed by atoms with Gasteiger partial charge in [-0.3, -0.25) is 0 Å². The van der Waals surface area contributed by atoms with Crippen molar-refractivity contribution in [1.82, 2.24) is 4.98 Å². The van der Waals surface area contributed by atoms with Gasteiger partial charge in [0, 0.05) is 22.5 Å². The molecule has 0 aliphatic heterocycles. The van der Waals surface area contributed by atoms with Crippen LogP contribution in [0.1, 0.15) is 16.8 Å². The summed E-state index contributed by atoms with van der Waals surface area (Å²) in [5.41, 5.74) is 2.42. The molecule has 0 saturated heterocycles. The predicted molar refractivity (Wildman–Crippen MR) is 79.1 cm³/mol. The Morgan fingerprint density at radius 2 is 1.89 bits per heavy atom. The molecule has 1 N–H and O–H groups in total. The minimum absolute atomic E-state index is 0.0424. The lowest BCUT2D eigenvalue weighted by atomic mass is 10.2. The van der Waals surface area contributed by atoms with Crippen molar-refractivity contribution in [1.29, 1.82) is 0 Å². The van der Waals surface area contributed by atoms with Gasteiger partial charge in [-0.2, -0.15) is 0 Å². The normalized spacial score (nSPS) is 11.2. The van der Waals surface area contributed by atoms with E-state index in [1.54, 1.807) is 6.07 Å². The van der Waals surface area contributed by atoms with E-state index in [1.807, 2.05) is 26.0 Å². The maximum atomic E-state index is 9.81. The molecule has 0 amide bonds. The Kier molecular flexibility index (Phi) is 4.08. The van der Waals surface area contributed by atoms with Gasteiger partial charge in [-0.05, 0) is 43.7 Å². The van der Waals surface area contributed by atoms with E-state index in [0.29, 0.717) is 16.4 Å². The Bertz CT molecular complexity index is 634. The molecule has 1 aromatic carbocycles. The first-order valence-electron chi connectivity index (χ1n) is 5.63. The van der Waals surface area contributed by atoms with Crippen molar-refractivity contribution in [2.24, 2.45) is 4.99 Å². The zero-order valence-electron chi connectivity index (χ0n) is 10.5. The SMILES string of the molecule is Cc1cc(C)nc(/N=C/c2cc(Cl)cc(Cl)c2O)c1. The van der Waals surface area contributed by atoms with Crippen LogP contribution < -0.4 is 0 Å². The Hall–Kier alpha value is -1.58. The van der Waals surface area contributed by atoms with Crippen LogP contribution in [-0.4, -0.2) is 16.3 Å². The molecule has 0 radical (unpaired) electrons. The number of phenolic OH excluding ortho intramolecular Hbond substituents is 1. The number of benzene rings is 1. The molecule has 2 aromatic rings. The second-order valence-electron chi connectivity index (χ2n) is 4.23. The van der Waals surface area contributed by atoms with E-state index in [1.165, 1.54) is 12.3 Å². The standard InChI is InChI=1S/C14H12Cl2N2O/c1-8-3-9(2)18-13(4-8)17-7-10-5-11(15)6-12(16)14(10)19/h3-7,19H,1-2H3/b17-7+. The number of phenols is 1. The predicted octanol–water partition coefficient (Wildman–Crippen LogP) is 4.46. The third kappa shape index (κ3) is 3.46. The summed E-state index contributed by atoms with van der Waals surface area (Å²) in [7, 11) is 0. The highest BCUT2D eigenvalue weighted by molar-refractivity contribution is 6.36.